The highest BCUT2D eigenvalue weighted by Gasteiger charge is 2.25. The second-order valence-electron chi connectivity index (χ2n) is 5.61. The first-order valence-electron chi connectivity index (χ1n) is 7.15. The molecule has 2 aliphatic rings. The van der Waals surface area contributed by atoms with Crippen molar-refractivity contribution in [1.82, 2.24) is 9.88 Å². The first-order chi connectivity index (χ1) is 9.22. The molecule has 2 heterocycles. The molecule has 4 nitrogen and oxygen atoms in total. The molecule has 0 amide bonds. The number of hydrogen-bond donors (Lipinski definition) is 1. The molecule has 0 saturated heterocycles. The summed E-state index contributed by atoms with van der Waals surface area (Å²) in [5.74, 6) is -0.0715. The van der Waals surface area contributed by atoms with Crippen molar-refractivity contribution in [3.05, 3.63) is 15.6 Å². The molecule has 1 aromatic heterocycles. The number of aromatic nitrogens is 1. The molecular weight excluding hydrogens is 260 g/mol. The van der Waals surface area contributed by atoms with Crippen molar-refractivity contribution in [2.45, 2.75) is 51.0 Å². The molecule has 1 N–H and O–H groups in total. The van der Waals surface area contributed by atoms with Crippen LogP contribution in [-0.4, -0.2) is 34.0 Å². The molecule has 0 bridgehead atoms. The van der Waals surface area contributed by atoms with E-state index in [0.29, 0.717) is 5.92 Å². The minimum absolute atomic E-state index is 0.149. The third-order valence-corrected chi connectivity index (χ3v) is 5.39. The number of hydrogen-bond acceptors (Lipinski definition) is 4. The number of carboxylic acid groups (broad SMARTS) is 1. The number of fused-ring (bicyclic) bond motifs is 1. The van der Waals surface area contributed by atoms with Gasteiger partial charge in [-0.1, -0.05) is 19.3 Å². The summed E-state index contributed by atoms with van der Waals surface area (Å²) >= 11 is 1.83. The van der Waals surface area contributed by atoms with Crippen molar-refractivity contribution in [1.29, 1.82) is 0 Å². The Kier molecular flexibility index (Phi) is 3.84. The van der Waals surface area contributed by atoms with E-state index in [1.54, 1.807) is 0 Å². The van der Waals surface area contributed by atoms with Crippen LogP contribution in [0.2, 0.25) is 0 Å². The van der Waals surface area contributed by atoms with Gasteiger partial charge in [0.05, 0.1) is 17.2 Å². The van der Waals surface area contributed by atoms with Crippen LogP contribution in [0.3, 0.4) is 0 Å². The molecule has 0 spiro atoms. The van der Waals surface area contributed by atoms with Gasteiger partial charge in [-0.2, -0.15) is 0 Å². The van der Waals surface area contributed by atoms with Gasteiger partial charge < -0.3 is 5.11 Å². The molecule has 1 aromatic rings. The van der Waals surface area contributed by atoms with Crippen LogP contribution in [0.4, 0.5) is 0 Å². The monoisotopic (exact) mass is 280 g/mol. The van der Waals surface area contributed by atoms with Gasteiger partial charge in [-0.05, 0) is 12.8 Å². The van der Waals surface area contributed by atoms with Gasteiger partial charge in [0.15, 0.2) is 0 Å². The lowest BCUT2D eigenvalue weighted by atomic mass is 9.90. The molecule has 0 unspecified atom stereocenters. The van der Waals surface area contributed by atoms with Crippen LogP contribution in [0.5, 0.6) is 0 Å². The third-order valence-electron chi connectivity index (χ3n) is 4.14. The number of carboxylic acids is 1. The molecule has 0 atom stereocenters. The van der Waals surface area contributed by atoms with E-state index >= 15 is 0 Å². The molecular formula is C14H20N2O2S. The molecule has 104 valence electrons. The highest BCUT2D eigenvalue weighted by atomic mass is 32.1. The van der Waals surface area contributed by atoms with Gasteiger partial charge in [0.25, 0.3) is 0 Å². The van der Waals surface area contributed by atoms with Crippen molar-refractivity contribution in [2.75, 3.05) is 13.1 Å². The summed E-state index contributed by atoms with van der Waals surface area (Å²) in [6.07, 6.45) is 7.51. The maximum atomic E-state index is 10.8. The number of nitrogens with zero attached hydrogens (tertiary/aromatic N) is 2. The zero-order valence-corrected chi connectivity index (χ0v) is 11.9. The van der Waals surface area contributed by atoms with Gasteiger partial charge in [-0.3, -0.25) is 9.69 Å². The number of carbonyl (C=O) groups is 1. The van der Waals surface area contributed by atoms with Crippen LogP contribution < -0.4 is 0 Å². The zero-order chi connectivity index (χ0) is 13.2. The standard InChI is InChI=1S/C14H20N2O2S/c17-13(18)9-16-7-6-11-12(8-16)19-14(15-11)10-4-2-1-3-5-10/h10H,1-9H2,(H,17,18). The predicted molar refractivity (Wildman–Crippen MR) is 74.6 cm³/mol. The Bertz CT molecular complexity index is 466. The molecule has 1 fully saturated rings. The van der Waals surface area contributed by atoms with E-state index in [1.165, 1.54) is 47.7 Å². The Morgan fingerprint density at radius 1 is 1.37 bits per heavy atom. The minimum atomic E-state index is -0.736. The Balaban J connectivity index is 1.71. The van der Waals surface area contributed by atoms with Gasteiger partial charge in [-0.15, -0.1) is 11.3 Å². The lowest BCUT2D eigenvalue weighted by Gasteiger charge is -2.23. The minimum Gasteiger partial charge on any atom is -0.480 e. The average molecular weight is 280 g/mol. The summed E-state index contributed by atoms with van der Waals surface area (Å²) in [6, 6.07) is 0. The van der Waals surface area contributed by atoms with E-state index in [2.05, 4.69) is 0 Å². The summed E-state index contributed by atoms with van der Waals surface area (Å²) in [6.45, 7) is 1.75. The Labute approximate surface area is 117 Å². The fourth-order valence-electron chi connectivity index (χ4n) is 3.12. The van der Waals surface area contributed by atoms with E-state index < -0.39 is 5.97 Å². The van der Waals surface area contributed by atoms with E-state index in [1.807, 2.05) is 16.2 Å². The molecule has 3 rings (SSSR count). The van der Waals surface area contributed by atoms with Crippen molar-refractivity contribution < 1.29 is 9.90 Å². The van der Waals surface area contributed by atoms with Gasteiger partial charge in [-0.25, -0.2) is 4.98 Å². The van der Waals surface area contributed by atoms with Crippen LogP contribution in [0.25, 0.3) is 0 Å². The van der Waals surface area contributed by atoms with Crippen molar-refractivity contribution in [3.63, 3.8) is 0 Å². The summed E-state index contributed by atoms with van der Waals surface area (Å²) in [7, 11) is 0. The van der Waals surface area contributed by atoms with Crippen LogP contribution in [0, 0.1) is 0 Å². The van der Waals surface area contributed by atoms with Crippen LogP contribution in [0.15, 0.2) is 0 Å². The highest BCUT2D eigenvalue weighted by molar-refractivity contribution is 7.11. The summed E-state index contributed by atoms with van der Waals surface area (Å²) < 4.78 is 0. The van der Waals surface area contributed by atoms with Gasteiger partial charge in [0.1, 0.15) is 0 Å². The second-order valence-corrected chi connectivity index (χ2v) is 6.73. The fraction of sp³-hybridized carbons (Fsp3) is 0.714. The van der Waals surface area contributed by atoms with Gasteiger partial charge in [0, 0.05) is 30.3 Å². The number of thiazole rings is 1. The highest BCUT2D eigenvalue weighted by Crippen LogP contribution is 2.37. The Morgan fingerprint density at radius 3 is 2.89 bits per heavy atom. The van der Waals surface area contributed by atoms with E-state index in [0.717, 1.165) is 19.5 Å². The van der Waals surface area contributed by atoms with Crippen molar-refractivity contribution >= 4 is 17.3 Å². The van der Waals surface area contributed by atoms with E-state index in [4.69, 9.17) is 10.1 Å². The Hall–Kier alpha value is -0.940. The molecule has 19 heavy (non-hydrogen) atoms. The first kappa shape index (κ1) is 13.1. The lowest BCUT2D eigenvalue weighted by molar-refractivity contribution is -0.138. The quantitative estimate of drug-likeness (QED) is 0.924. The molecule has 0 aromatic carbocycles. The topological polar surface area (TPSA) is 53.4 Å². The Morgan fingerprint density at radius 2 is 2.16 bits per heavy atom. The summed E-state index contributed by atoms with van der Waals surface area (Å²) in [4.78, 5) is 18.9. The largest absolute Gasteiger partial charge is 0.480 e. The molecule has 1 aliphatic heterocycles. The zero-order valence-electron chi connectivity index (χ0n) is 11.1. The van der Waals surface area contributed by atoms with E-state index in [9.17, 15) is 4.79 Å². The average Bonchev–Trinajstić information content (AvgIpc) is 2.82. The summed E-state index contributed by atoms with van der Waals surface area (Å²) in [5, 5.41) is 10.2. The number of aliphatic carboxylic acids is 1. The number of rotatable bonds is 3. The second kappa shape index (κ2) is 5.59. The van der Waals surface area contributed by atoms with Crippen molar-refractivity contribution in [3.8, 4) is 0 Å². The lowest BCUT2D eigenvalue weighted by Crippen LogP contribution is -2.34. The smallest absolute Gasteiger partial charge is 0.317 e. The summed E-state index contributed by atoms with van der Waals surface area (Å²) in [5.41, 5.74) is 1.23. The SMILES string of the molecule is O=C(O)CN1CCc2nc(C3CCCCC3)sc2C1. The third kappa shape index (κ3) is 2.98. The maximum Gasteiger partial charge on any atom is 0.317 e. The van der Waals surface area contributed by atoms with Crippen LogP contribution >= 0.6 is 11.3 Å². The molecule has 5 heteroatoms. The molecule has 1 aliphatic carbocycles. The van der Waals surface area contributed by atoms with Crippen LogP contribution in [0.1, 0.15) is 53.6 Å². The van der Waals surface area contributed by atoms with Crippen LogP contribution in [-0.2, 0) is 17.8 Å². The van der Waals surface area contributed by atoms with Gasteiger partial charge in [0.2, 0.25) is 0 Å². The first-order valence-corrected chi connectivity index (χ1v) is 7.96. The predicted octanol–water partition coefficient (Wildman–Crippen LogP) is 2.63. The molecule has 1 saturated carbocycles. The van der Waals surface area contributed by atoms with Gasteiger partial charge >= 0.3 is 5.97 Å². The van der Waals surface area contributed by atoms with Crippen molar-refractivity contribution in [2.24, 2.45) is 0 Å². The molecule has 0 radical (unpaired) electrons. The maximum absolute atomic E-state index is 10.8. The van der Waals surface area contributed by atoms with E-state index in [-0.39, 0.29) is 6.54 Å². The fourth-order valence-corrected chi connectivity index (χ4v) is 4.44. The normalized spacial score (nSPS) is 21.3.